The summed E-state index contributed by atoms with van der Waals surface area (Å²) in [5.41, 5.74) is -0.509. The zero-order valence-corrected chi connectivity index (χ0v) is 12.9. The minimum atomic E-state index is -0.509. The summed E-state index contributed by atoms with van der Waals surface area (Å²) in [4.78, 5) is 24.1. The highest BCUT2D eigenvalue weighted by Gasteiger charge is 2.41. The van der Waals surface area contributed by atoms with Crippen LogP contribution in [0.4, 0.5) is 4.79 Å². The molecule has 0 aromatic heterocycles. The number of quaternary nitrogens is 1. The van der Waals surface area contributed by atoms with Crippen LogP contribution in [0, 0.1) is 0 Å². The third-order valence-corrected chi connectivity index (χ3v) is 3.45. The second-order valence-electron chi connectivity index (χ2n) is 6.32. The van der Waals surface area contributed by atoms with Crippen molar-refractivity contribution in [3.8, 4) is 0 Å². The Morgan fingerprint density at radius 1 is 1.30 bits per heavy atom. The molecule has 1 heterocycles. The largest absolute Gasteiger partial charge is 0.516 e. The molecule has 0 aromatic carbocycles. The quantitative estimate of drug-likeness (QED) is 0.632. The Morgan fingerprint density at radius 2 is 2.00 bits per heavy atom. The first-order valence-electron chi connectivity index (χ1n) is 7.25. The number of hydrogen-bond acceptors (Lipinski definition) is 4. The minimum absolute atomic E-state index is 0.0248. The molecule has 5 heteroatoms. The third-order valence-electron chi connectivity index (χ3n) is 3.45. The average Bonchev–Trinajstić information content (AvgIpc) is 2.60. The Balaban J connectivity index is 2.84. The standard InChI is InChI=1S/C15H27N2O3/c1-5-13(18)7-11-17(10-6-8-16-9-12-17)14(19)20-15(2,3)4/h5,16H,1,6-12H2,2-4H3/q+1. The Kier molecular flexibility index (Phi) is 5.89. The summed E-state index contributed by atoms with van der Waals surface area (Å²) in [5.74, 6) is -0.0248. The van der Waals surface area contributed by atoms with Gasteiger partial charge in [-0.05, 0) is 26.8 Å². The summed E-state index contributed by atoms with van der Waals surface area (Å²) in [6, 6.07) is 0. The predicted octanol–water partition coefficient (Wildman–Crippen LogP) is 1.88. The van der Waals surface area contributed by atoms with E-state index in [2.05, 4.69) is 11.9 Å². The van der Waals surface area contributed by atoms with Gasteiger partial charge in [-0.25, -0.2) is 4.48 Å². The molecule has 0 aromatic rings. The Morgan fingerprint density at radius 3 is 2.60 bits per heavy atom. The Labute approximate surface area is 121 Å². The van der Waals surface area contributed by atoms with Gasteiger partial charge in [0.15, 0.2) is 5.78 Å². The molecule has 0 aliphatic carbocycles. The molecule has 20 heavy (non-hydrogen) atoms. The summed E-state index contributed by atoms with van der Waals surface area (Å²) in [6.07, 6.45) is 2.34. The number of carbonyl (C=O) groups excluding carboxylic acids is 2. The van der Waals surface area contributed by atoms with Gasteiger partial charge in [0.25, 0.3) is 0 Å². The van der Waals surface area contributed by atoms with Crippen molar-refractivity contribution in [2.75, 3.05) is 32.7 Å². The van der Waals surface area contributed by atoms with Gasteiger partial charge in [0, 0.05) is 19.5 Å². The van der Waals surface area contributed by atoms with E-state index in [9.17, 15) is 9.59 Å². The van der Waals surface area contributed by atoms with E-state index in [0.717, 1.165) is 19.5 Å². The van der Waals surface area contributed by atoms with Crippen molar-refractivity contribution in [3.63, 3.8) is 0 Å². The first-order chi connectivity index (χ1) is 9.29. The van der Waals surface area contributed by atoms with Gasteiger partial charge in [-0.3, -0.25) is 4.79 Å². The molecule has 0 saturated carbocycles. The molecule has 1 saturated heterocycles. The smallest absolute Gasteiger partial charge is 0.414 e. The first-order valence-corrected chi connectivity index (χ1v) is 7.25. The van der Waals surface area contributed by atoms with E-state index < -0.39 is 5.60 Å². The number of carbonyl (C=O) groups is 2. The fourth-order valence-corrected chi connectivity index (χ4v) is 2.32. The van der Waals surface area contributed by atoms with Gasteiger partial charge in [0.05, 0.1) is 19.5 Å². The molecule has 1 atom stereocenters. The number of hydrogen-bond donors (Lipinski definition) is 1. The lowest BCUT2D eigenvalue weighted by atomic mass is 10.2. The van der Waals surface area contributed by atoms with Crippen LogP contribution < -0.4 is 5.32 Å². The zero-order chi connectivity index (χ0) is 15.2. The Bertz CT molecular complexity index is 364. The van der Waals surface area contributed by atoms with E-state index in [0.29, 0.717) is 26.1 Å². The number of amides is 1. The van der Waals surface area contributed by atoms with Crippen LogP contribution in [0.1, 0.15) is 33.6 Å². The molecule has 1 rings (SSSR count). The molecule has 114 valence electrons. The minimum Gasteiger partial charge on any atom is -0.414 e. The molecule has 1 unspecified atom stereocenters. The highest BCUT2D eigenvalue weighted by molar-refractivity contribution is 5.89. The molecule has 1 N–H and O–H groups in total. The van der Waals surface area contributed by atoms with Crippen LogP contribution in [0.15, 0.2) is 12.7 Å². The van der Waals surface area contributed by atoms with Crippen molar-refractivity contribution >= 4 is 11.9 Å². The fraction of sp³-hybridized carbons (Fsp3) is 0.733. The lowest BCUT2D eigenvalue weighted by molar-refractivity contribution is -0.855. The number of ketones is 1. The maximum atomic E-state index is 12.6. The van der Waals surface area contributed by atoms with Crippen LogP contribution in [0.25, 0.3) is 0 Å². The number of rotatable bonds is 4. The maximum absolute atomic E-state index is 12.6. The number of allylic oxidation sites excluding steroid dienone is 1. The maximum Gasteiger partial charge on any atom is 0.516 e. The van der Waals surface area contributed by atoms with Crippen molar-refractivity contribution in [2.45, 2.75) is 39.2 Å². The highest BCUT2D eigenvalue weighted by Crippen LogP contribution is 2.19. The highest BCUT2D eigenvalue weighted by atomic mass is 16.6. The van der Waals surface area contributed by atoms with Crippen LogP contribution in [0.3, 0.4) is 0 Å². The third kappa shape index (κ3) is 5.06. The molecule has 0 bridgehead atoms. The van der Waals surface area contributed by atoms with E-state index in [1.54, 1.807) is 0 Å². The lowest BCUT2D eigenvalue weighted by Crippen LogP contribution is -2.57. The first kappa shape index (κ1) is 16.9. The normalized spacial score (nSPS) is 23.8. The summed E-state index contributed by atoms with van der Waals surface area (Å²) in [5, 5.41) is 3.29. The summed E-state index contributed by atoms with van der Waals surface area (Å²) in [7, 11) is 0. The van der Waals surface area contributed by atoms with Crippen LogP contribution >= 0.6 is 0 Å². The summed E-state index contributed by atoms with van der Waals surface area (Å²) in [6.45, 7) is 12.6. The van der Waals surface area contributed by atoms with Crippen molar-refractivity contribution in [1.82, 2.24) is 5.32 Å². The van der Waals surface area contributed by atoms with E-state index in [4.69, 9.17) is 4.74 Å². The van der Waals surface area contributed by atoms with Crippen LogP contribution in [-0.4, -0.2) is 54.7 Å². The molecular weight excluding hydrogens is 256 g/mol. The fourth-order valence-electron chi connectivity index (χ4n) is 2.32. The Hall–Kier alpha value is -1.20. The van der Waals surface area contributed by atoms with Crippen molar-refractivity contribution in [3.05, 3.63) is 12.7 Å². The molecule has 5 nitrogen and oxygen atoms in total. The van der Waals surface area contributed by atoms with Gasteiger partial charge in [-0.15, -0.1) is 0 Å². The molecule has 0 spiro atoms. The number of nitrogens with zero attached hydrogens (tertiary/aromatic N) is 1. The van der Waals surface area contributed by atoms with Gasteiger partial charge in [-0.2, -0.15) is 4.79 Å². The molecule has 1 amide bonds. The molecule has 0 radical (unpaired) electrons. The van der Waals surface area contributed by atoms with Gasteiger partial charge in [-0.1, -0.05) is 6.58 Å². The van der Waals surface area contributed by atoms with E-state index in [1.807, 2.05) is 20.8 Å². The summed E-state index contributed by atoms with van der Waals surface area (Å²) >= 11 is 0. The topological polar surface area (TPSA) is 55.4 Å². The predicted molar refractivity (Wildman–Crippen MR) is 78.4 cm³/mol. The monoisotopic (exact) mass is 283 g/mol. The lowest BCUT2D eigenvalue weighted by Gasteiger charge is -2.35. The SMILES string of the molecule is C=CC(=O)CC[N+]1(C(=O)OC(C)(C)C)CCCNCC1. The van der Waals surface area contributed by atoms with Crippen LogP contribution in [0.5, 0.6) is 0 Å². The van der Waals surface area contributed by atoms with Gasteiger partial charge in [0.2, 0.25) is 0 Å². The summed E-state index contributed by atoms with van der Waals surface area (Å²) < 4.78 is 5.80. The van der Waals surface area contributed by atoms with E-state index in [1.165, 1.54) is 6.08 Å². The molecule has 1 aliphatic rings. The van der Waals surface area contributed by atoms with E-state index >= 15 is 0 Å². The van der Waals surface area contributed by atoms with Crippen LogP contribution in [-0.2, 0) is 9.53 Å². The van der Waals surface area contributed by atoms with Gasteiger partial charge in [0.1, 0.15) is 12.1 Å². The van der Waals surface area contributed by atoms with Gasteiger partial charge >= 0.3 is 6.09 Å². The molecule has 1 aliphatic heterocycles. The van der Waals surface area contributed by atoms with Crippen molar-refractivity contribution < 1.29 is 18.8 Å². The average molecular weight is 283 g/mol. The van der Waals surface area contributed by atoms with E-state index in [-0.39, 0.29) is 16.4 Å². The molecule has 1 fully saturated rings. The van der Waals surface area contributed by atoms with Crippen molar-refractivity contribution in [2.24, 2.45) is 0 Å². The zero-order valence-electron chi connectivity index (χ0n) is 12.9. The number of nitrogens with one attached hydrogen (secondary N) is 1. The second kappa shape index (κ2) is 6.99. The number of ether oxygens (including phenoxy) is 1. The second-order valence-corrected chi connectivity index (χ2v) is 6.32. The van der Waals surface area contributed by atoms with Crippen molar-refractivity contribution in [1.29, 1.82) is 0 Å². The van der Waals surface area contributed by atoms with Gasteiger partial charge < -0.3 is 10.1 Å². The van der Waals surface area contributed by atoms with Crippen LogP contribution in [0.2, 0.25) is 0 Å². The molecular formula is C15H27N2O3+.